The van der Waals surface area contributed by atoms with Crippen molar-refractivity contribution in [3.63, 3.8) is 0 Å². The molecule has 0 aliphatic carbocycles. The maximum atomic E-state index is 5.91. The van der Waals surface area contributed by atoms with E-state index in [1.165, 1.54) is 17.5 Å². The van der Waals surface area contributed by atoms with Gasteiger partial charge in [0.25, 0.3) is 0 Å². The van der Waals surface area contributed by atoms with Crippen LogP contribution in [0.4, 0.5) is 0 Å². The van der Waals surface area contributed by atoms with E-state index >= 15 is 0 Å². The maximum absolute atomic E-state index is 5.91. The lowest BCUT2D eigenvalue weighted by Crippen LogP contribution is -2.24. The first-order chi connectivity index (χ1) is 14.0. The van der Waals surface area contributed by atoms with Crippen molar-refractivity contribution in [3.05, 3.63) is 90.0 Å². The average Bonchev–Trinajstić information content (AvgIpc) is 3.13. The first-order valence-electron chi connectivity index (χ1n) is 9.84. The van der Waals surface area contributed by atoms with Crippen molar-refractivity contribution >= 4 is 0 Å². The summed E-state index contributed by atoms with van der Waals surface area (Å²) in [6.45, 7) is 12.2. The van der Waals surface area contributed by atoms with Gasteiger partial charge in [0.1, 0.15) is 17.3 Å². The summed E-state index contributed by atoms with van der Waals surface area (Å²) in [7, 11) is 0. The Balaban J connectivity index is 1.51. The molecule has 5 nitrogen and oxygen atoms in total. The average molecular weight is 392 g/mol. The smallest absolute Gasteiger partial charge is 0.189 e. The van der Waals surface area contributed by atoms with E-state index in [1.54, 1.807) is 0 Å². The molecule has 0 atom stereocenters. The van der Waals surface area contributed by atoms with E-state index in [1.807, 2.05) is 43.3 Å². The molecule has 152 valence electrons. The van der Waals surface area contributed by atoms with Crippen molar-refractivity contribution < 1.29 is 13.9 Å². The zero-order chi connectivity index (χ0) is 20.6. The Morgan fingerprint density at radius 3 is 2.34 bits per heavy atom. The minimum Gasteiger partial charge on any atom is -0.493 e. The minimum atomic E-state index is 0.564. The van der Waals surface area contributed by atoms with Crippen LogP contribution in [-0.4, -0.2) is 23.0 Å². The normalized spacial score (nSPS) is 10.6. The first-order valence-corrected chi connectivity index (χ1v) is 9.84. The predicted molar refractivity (Wildman–Crippen MR) is 114 cm³/mol. The lowest BCUT2D eigenvalue weighted by Gasteiger charge is -2.25. The highest BCUT2D eigenvalue weighted by atomic mass is 16.5. The second-order valence-corrected chi connectivity index (χ2v) is 6.92. The minimum absolute atomic E-state index is 0.564. The molecule has 0 saturated heterocycles. The van der Waals surface area contributed by atoms with Gasteiger partial charge in [0.2, 0.25) is 0 Å². The molecule has 5 heteroatoms. The topological polar surface area (TPSA) is 47.7 Å². The molecule has 0 radical (unpaired) electrons. The monoisotopic (exact) mass is 392 g/mol. The summed E-state index contributed by atoms with van der Waals surface area (Å²) in [5.41, 5.74) is 3.31. The Bertz CT molecular complexity index is 914. The van der Waals surface area contributed by atoms with E-state index in [2.05, 4.69) is 42.4 Å². The van der Waals surface area contributed by atoms with Gasteiger partial charge in [0.15, 0.2) is 12.3 Å². The molecular weight excluding hydrogens is 364 g/mol. The maximum Gasteiger partial charge on any atom is 0.189 e. The summed E-state index contributed by atoms with van der Waals surface area (Å²) in [5.74, 6) is 3.12. The lowest BCUT2D eigenvalue weighted by molar-refractivity contribution is 0.218. The van der Waals surface area contributed by atoms with Crippen LogP contribution in [0.5, 0.6) is 11.5 Å². The molecule has 1 heterocycles. The molecule has 29 heavy (non-hydrogen) atoms. The quantitative estimate of drug-likeness (QED) is 0.439. The molecular formula is C24H28N2O3. The number of aromatic nitrogens is 1. The van der Waals surface area contributed by atoms with Gasteiger partial charge in [-0.25, -0.2) is 4.98 Å². The third-order valence-corrected chi connectivity index (χ3v) is 4.74. The molecule has 0 bridgehead atoms. The van der Waals surface area contributed by atoms with Gasteiger partial charge < -0.3 is 18.8 Å². The van der Waals surface area contributed by atoms with Crippen molar-refractivity contribution in [1.29, 1.82) is 0 Å². The number of rotatable bonds is 10. The van der Waals surface area contributed by atoms with E-state index in [0.29, 0.717) is 12.5 Å². The van der Waals surface area contributed by atoms with Crippen LogP contribution in [0.1, 0.15) is 29.5 Å². The summed E-state index contributed by atoms with van der Waals surface area (Å²) in [6, 6.07) is 16.1. The molecule has 0 amide bonds. The van der Waals surface area contributed by atoms with Crippen molar-refractivity contribution in [2.45, 2.75) is 33.7 Å². The molecule has 0 aliphatic rings. The molecule has 0 unspecified atom stereocenters. The second kappa shape index (κ2) is 9.82. The van der Waals surface area contributed by atoms with Crippen molar-refractivity contribution in [2.24, 2.45) is 0 Å². The van der Waals surface area contributed by atoms with E-state index in [-0.39, 0.29) is 0 Å². The first kappa shape index (κ1) is 20.5. The standard InChI is InChI=1S/C24H28N2O3/c1-5-26(20(4)29-23-10-6-18(2)7-11-23)16-21-8-12-22(13-9-21)27-15-14-24-19(3)28-17-25-24/h6-13,17H,4-5,14-16H2,1-3H3. The Kier molecular flexibility index (Phi) is 6.95. The predicted octanol–water partition coefficient (Wildman–Crippen LogP) is 5.29. The van der Waals surface area contributed by atoms with Gasteiger partial charge in [0.05, 0.1) is 12.3 Å². The number of hydrogen-bond acceptors (Lipinski definition) is 5. The lowest BCUT2D eigenvalue weighted by atomic mass is 10.2. The van der Waals surface area contributed by atoms with Crippen molar-refractivity contribution in [1.82, 2.24) is 9.88 Å². The largest absolute Gasteiger partial charge is 0.493 e. The summed E-state index contributed by atoms with van der Waals surface area (Å²) < 4.78 is 16.9. The molecule has 1 aromatic heterocycles. The number of nitrogens with zero attached hydrogens (tertiary/aromatic N) is 2. The molecule has 0 aliphatic heterocycles. The van der Waals surface area contributed by atoms with E-state index in [9.17, 15) is 0 Å². The highest BCUT2D eigenvalue weighted by Gasteiger charge is 2.09. The summed E-state index contributed by atoms with van der Waals surface area (Å²) >= 11 is 0. The third kappa shape index (κ3) is 5.88. The number of oxazole rings is 1. The van der Waals surface area contributed by atoms with Gasteiger partial charge in [-0.1, -0.05) is 29.8 Å². The SMILES string of the molecule is C=C(Oc1ccc(C)cc1)N(CC)Cc1ccc(OCCc2ncoc2C)cc1. The van der Waals surface area contributed by atoms with Crippen LogP contribution in [0.3, 0.4) is 0 Å². The molecule has 0 N–H and O–H groups in total. The third-order valence-electron chi connectivity index (χ3n) is 4.74. The summed E-state index contributed by atoms with van der Waals surface area (Å²) in [6.07, 6.45) is 2.19. The molecule has 3 rings (SSSR count). The van der Waals surface area contributed by atoms with Gasteiger partial charge in [-0.3, -0.25) is 0 Å². The van der Waals surface area contributed by atoms with Gasteiger partial charge >= 0.3 is 0 Å². The van der Waals surface area contributed by atoms with Gasteiger partial charge in [0, 0.05) is 19.5 Å². The number of ether oxygens (including phenoxy) is 2. The van der Waals surface area contributed by atoms with Crippen LogP contribution in [0, 0.1) is 13.8 Å². The molecule has 2 aromatic carbocycles. The second-order valence-electron chi connectivity index (χ2n) is 6.92. The number of benzene rings is 2. The van der Waals surface area contributed by atoms with E-state index in [4.69, 9.17) is 13.9 Å². The zero-order valence-electron chi connectivity index (χ0n) is 17.4. The van der Waals surface area contributed by atoms with Gasteiger partial charge in [-0.15, -0.1) is 0 Å². The van der Waals surface area contributed by atoms with E-state index in [0.717, 1.165) is 42.5 Å². The Morgan fingerprint density at radius 2 is 1.72 bits per heavy atom. The Labute approximate surface area is 172 Å². The van der Waals surface area contributed by atoms with Crippen LogP contribution >= 0.6 is 0 Å². The fraction of sp³-hybridized carbons (Fsp3) is 0.292. The van der Waals surface area contributed by atoms with E-state index < -0.39 is 0 Å². The van der Waals surface area contributed by atoms with Crippen LogP contribution < -0.4 is 9.47 Å². The molecule has 0 spiro atoms. The fourth-order valence-corrected chi connectivity index (χ4v) is 2.93. The zero-order valence-corrected chi connectivity index (χ0v) is 17.4. The van der Waals surface area contributed by atoms with Crippen LogP contribution in [-0.2, 0) is 13.0 Å². The summed E-state index contributed by atoms with van der Waals surface area (Å²) in [4.78, 5) is 6.28. The molecule has 0 fully saturated rings. The molecule has 0 saturated carbocycles. The van der Waals surface area contributed by atoms with Crippen LogP contribution in [0.25, 0.3) is 0 Å². The van der Waals surface area contributed by atoms with Crippen LogP contribution in [0.2, 0.25) is 0 Å². The highest BCUT2D eigenvalue weighted by molar-refractivity contribution is 5.29. The Morgan fingerprint density at radius 1 is 1.03 bits per heavy atom. The number of hydrogen-bond donors (Lipinski definition) is 0. The van der Waals surface area contributed by atoms with Gasteiger partial charge in [-0.05, 0) is 57.2 Å². The Hall–Kier alpha value is -3.21. The number of aryl methyl sites for hydroxylation is 2. The van der Waals surface area contributed by atoms with Crippen molar-refractivity contribution in [2.75, 3.05) is 13.2 Å². The van der Waals surface area contributed by atoms with Gasteiger partial charge in [-0.2, -0.15) is 0 Å². The van der Waals surface area contributed by atoms with Crippen LogP contribution in [0.15, 0.2) is 71.8 Å². The summed E-state index contributed by atoms with van der Waals surface area (Å²) in [5, 5.41) is 0. The highest BCUT2D eigenvalue weighted by Crippen LogP contribution is 2.19. The molecule has 3 aromatic rings. The van der Waals surface area contributed by atoms with Crippen molar-refractivity contribution in [3.8, 4) is 11.5 Å². The fourth-order valence-electron chi connectivity index (χ4n) is 2.93.